The van der Waals surface area contributed by atoms with E-state index in [1.165, 1.54) is 6.92 Å². The minimum absolute atomic E-state index is 0. The Kier molecular flexibility index (Phi) is 12.7. The van der Waals surface area contributed by atoms with Crippen LogP contribution >= 0.6 is 0 Å². The topological polar surface area (TPSA) is 55.4 Å². The molecular formula is C6H13BNaO6. The molecule has 0 atom stereocenters. The monoisotopic (exact) mass is 215 g/mol. The predicted octanol–water partition coefficient (Wildman–Crippen LogP) is -2.37. The van der Waals surface area contributed by atoms with E-state index in [4.69, 9.17) is 0 Å². The molecule has 8 heteroatoms. The van der Waals surface area contributed by atoms with Gasteiger partial charge in [0.1, 0.15) is 0 Å². The van der Waals surface area contributed by atoms with Gasteiger partial charge in [-0.05, 0) is 13.8 Å². The molecule has 0 rings (SSSR count). The zero-order valence-corrected chi connectivity index (χ0v) is 10.9. The third kappa shape index (κ3) is 8.16. The van der Waals surface area contributed by atoms with Crippen molar-refractivity contribution in [2.45, 2.75) is 26.7 Å². The summed E-state index contributed by atoms with van der Waals surface area (Å²) < 4.78 is 0. The molecule has 77 valence electrons. The standard InChI is InChI=1S/C6H13BO6.Na/c1-4-8-10-6(3,12-13-7)11-9-5-2;/h4-5H2,1-3H3;/q-1;+1. The van der Waals surface area contributed by atoms with Crippen LogP contribution in [0.2, 0.25) is 0 Å². The third-order valence-corrected chi connectivity index (χ3v) is 0.856. The average molecular weight is 215 g/mol. The number of rotatable bonds is 8. The molecule has 0 amide bonds. The Morgan fingerprint density at radius 3 is 1.71 bits per heavy atom. The largest absolute Gasteiger partial charge is 1.00 e. The maximum Gasteiger partial charge on any atom is 1.00 e. The van der Waals surface area contributed by atoms with E-state index >= 15 is 0 Å². The van der Waals surface area contributed by atoms with Crippen LogP contribution < -0.4 is 29.6 Å². The quantitative estimate of drug-likeness (QED) is 0.195. The maximum atomic E-state index is 4.66. The summed E-state index contributed by atoms with van der Waals surface area (Å²) in [4.78, 5) is 26.8. The summed E-state index contributed by atoms with van der Waals surface area (Å²) in [5, 5.41) is 0. The molecule has 14 heavy (non-hydrogen) atoms. The Morgan fingerprint density at radius 2 is 1.43 bits per heavy atom. The smallest absolute Gasteiger partial charge is 0.567 e. The zero-order chi connectivity index (χ0) is 10.2. The van der Waals surface area contributed by atoms with Gasteiger partial charge in [-0.3, -0.25) is 0 Å². The van der Waals surface area contributed by atoms with Crippen molar-refractivity contribution in [1.82, 2.24) is 0 Å². The van der Waals surface area contributed by atoms with Gasteiger partial charge in [-0.2, -0.15) is 9.78 Å². The molecule has 0 heterocycles. The summed E-state index contributed by atoms with van der Waals surface area (Å²) in [6, 6.07) is 0. The van der Waals surface area contributed by atoms with Gasteiger partial charge >= 0.3 is 35.5 Å². The van der Waals surface area contributed by atoms with Crippen molar-refractivity contribution in [3.8, 4) is 0 Å². The van der Waals surface area contributed by atoms with E-state index in [1.54, 1.807) is 13.8 Å². The van der Waals surface area contributed by atoms with Gasteiger partial charge < -0.3 is 12.9 Å². The second-order valence-electron chi connectivity index (χ2n) is 2.02. The molecule has 0 fully saturated rings. The molecule has 0 N–H and O–H groups in total. The van der Waals surface area contributed by atoms with Gasteiger partial charge in [-0.15, -0.1) is 0 Å². The Morgan fingerprint density at radius 1 is 1.00 bits per heavy atom. The van der Waals surface area contributed by atoms with Crippen LogP contribution in [0.3, 0.4) is 0 Å². The van der Waals surface area contributed by atoms with E-state index in [9.17, 15) is 0 Å². The fourth-order valence-corrected chi connectivity index (χ4v) is 0.461. The minimum atomic E-state index is -1.64. The van der Waals surface area contributed by atoms with Crippen LogP contribution in [-0.4, -0.2) is 27.2 Å². The molecule has 0 aromatic heterocycles. The molecule has 6 nitrogen and oxygen atoms in total. The molecule has 0 spiro atoms. The summed E-state index contributed by atoms with van der Waals surface area (Å²) in [7, 11) is 4.66. The molecule has 0 unspecified atom stereocenters. The fraction of sp³-hybridized carbons (Fsp3) is 1.00. The van der Waals surface area contributed by atoms with Crippen LogP contribution in [0, 0.1) is 0 Å². The first-order valence-electron chi connectivity index (χ1n) is 3.84. The van der Waals surface area contributed by atoms with Gasteiger partial charge in [0.2, 0.25) is 0 Å². The van der Waals surface area contributed by atoms with Gasteiger partial charge in [0.05, 0.1) is 13.2 Å². The van der Waals surface area contributed by atoms with Crippen molar-refractivity contribution >= 4 is 8.05 Å². The Balaban J connectivity index is 0. The summed E-state index contributed by atoms with van der Waals surface area (Å²) in [5.74, 6) is -1.64. The van der Waals surface area contributed by atoms with Crippen LogP contribution in [-0.2, 0) is 29.2 Å². The van der Waals surface area contributed by atoms with Crippen LogP contribution in [0.4, 0.5) is 0 Å². The molecule has 0 aromatic rings. The Hall–Kier alpha value is 0.825. The predicted molar refractivity (Wildman–Crippen MR) is 41.8 cm³/mol. The molecular weight excluding hydrogens is 202 g/mol. The molecule has 0 aliphatic carbocycles. The van der Waals surface area contributed by atoms with Crippen molar-refractivity contribution in [2.75, 3.05) is 13.2 Å². The van der Waals surface area contributed by atoms with E-state index in [1.807, 2.05) is 0 Å². The van der Waals surface area contributed by atoms with Gasteiger partial charge in [0.25, 0.3) is 0 Å². The van der Waals surface area contributed by atoms with Crippen molar-refractivity contribution in [1.29, 1.82) is 0 Å². The maximum absolute atomic E-state index is 4.66. The molecule has 0 bridgehead atoms. The summed E-state index contributed by atoms with van der Waals surface area (Å²) in [5.41, 5.74) is 0. The van der Waals surface area contributed by atoms with Crippen LogP contribution in [0.1, 0.15) is 20.8 Å². The molecule has 3 radical (unpaired) electrons. The second-order valence-corrected chi connectivity index (χ2v) is 2.02. The normalized spacial score (nSPS) is 11.1. The van der Waals surface area contributed by atoms with E-state index in [0.717, 1.165) is 0 Å². The van der Waals surface area contributed by atoms with E-state index in [2.05, 4.69) is 37.3 Å². The summed E-state index contributed by atoms with van der Waals surface area (Å²) >= 11 is 0. The average Bonchev–Trinajstić information content (AvgIpc) is 2.12. The first kappa shape index (κ1) is 17.2. The van der Waals surface area contributed by atoms with E-state index < -0.39 is 5.97 Å². The SMILES string of the molecule is [B-]OOC(C)(OOCC)OOCC.[Na+]. The number of hydrogen-bond donors (Lipinski definition) is 0. The van der Waals surface area contributed by atoms with Gasteiger partial charge in [-0.1, -0.05) is 0 Å². The van der Waals surface area contributed by atoms with Gasteiger partial charge in [0.15, 0.2) is 0 Å². The molecule has 0 saturated heterocycles. The van der Waals surface area contributed by atoms with Crippen LogP contribution in [0.5, 0.6) is 0 Å². The molecule has 0 aliphatic heterocycles. The van der Waals surface area contributed by atoms with Crippen LogP contribution in [0.25, 0.3) is 0 Å². The van der Waals surface area contributed by atoms with E-state index in [-0.39, 0.29) is 29.6 Å². The third-order valence-electron chi connectivity index (χ3n) is 0.856. The Labute approximate surface area is 107 Å². The molecule has 0 aliphatic rings. The zero-order valence-electron chi connectivity index (χ0n) is 8.94. The minimum Gasteiger partial charge on any atom is -0.567 e. The van der Waals surface area contributed by atoms with Crippen molar-refractivity contribution < 1.29 is 58.8 Å². The number of hydrogen-bond acceptors (Lipinski definition) is 6. The van der Waals surface area contributed by atoms with Gasteiger partial charge in [0, 0.05) is 6.92 Å². The van der Waals surface area contributed by atoms with Gasteiger partial charge in [-0.25, -0.2) is 14.7 Å². The first-order chi connectivity index (χ1) is 6.18. The molecule has 0 aromatic carbocycles. The first-order valence-corrected chi connectivity index (χ1v) is 3.84. The Bertz CT molecular complexity index is 119. The van der Waals surface area contributed by atoms with E-state index in [0.29, 0.717) is 13.2 Å². The summed E-state index contributed by atoms with van der Waals surface area (Å²) in [6.45, 7) is 5.46. The second kappa shape index (κ2) is 10.3. The van der Waals surface area contributed by atoms with Crippen molar-refractivity contribution in [3.05, 3.63) is 0 Å². The van der Waals surface area contributed by atoms with Crippen molar-refractivity contribution in [2.24, 2.45) is 0 Å². The van der Waals surface area contributed by atoms with Crippen molar-refractivity contribution in [3.63, 3.8) is 0 Å². The molecule has 0 saturated carbocycles. The summed E-state index contributed by atoms with van der Waals surface area (Å²) in [6.07, 6.45) is 0. The fourth-order valence-electron chi connectivity index (χ4n) is 0.461. The van der Waals surface area contributed by atoms with Crippen LogP contribution in [0.15, 0.2) is 0 Å².